The summed E-state index contributed by atoms with van der Waals surface area (Å²) in [5.41, 5.74) is 1.68. The third kappa shape index (κ3) is 6.01. The first-order valence-corrected chi connectivity index (χ1v) is 11.2. The molecule has 2 amide bonds. The highest BCUT2D eigenvalue weighted by molar-refractivity contribution is 5.99. The smallest absolute Gasteiger partial charge is 0.254 e. The number of anilines is 1. The number of hydrogen-bond donors (Lipinski definition) is 1. The van der Waals surface area contributed by atoms with Crippen LogP contribution in [0.4, 0.5) is 10.2 Å². The van der Waals surface area contributed by atoms with Crippen molar-refractivity contribution >= 4 is 17.6 Å². The van der Waals surface area contributed by atoms with Gasteiger partial charge in [-0.25, -0.2) is 9.07 Å². The molecule has 0 aliphatic heterocycles. The van der Waals surface area contributed by atoms with Gasteiger partial charge in [0.05, 0.1) is 18.5 Å². The van der Waals surface area contributed by atoms with Crippen molar-refractivity contribution in [2.45, 2.75) is 39.5 Å². The SMILES string of the molecule is CCCN(CC(=O)Nc1cc(C(C)(C)C)nn1-c1ccc(OC)cc1)C(=O)c1ccc(F)cc1. The van der Waals surface area contributed by atoms with E-state index in [0.717, 1.165) is 11.4 Å². The Labute approximate surface area is 199 Å². The lowest BCUT2D eigenvalue weighted by molar-refractivity contribution is -0.116. The summed E-state index contributed by atoms with van der Waals surface area (Å²) in [7, 11) is 1.60. The van der Waals surface area contributed by atoms with Crippen molar-refractivity contribution in [1.29, 1.82) is 0 Å². The second-order valence-electron chi connectivity index (χ2n) is 9.06. The van der Waals surface area contributed by atoms with Crippen molar-refractivity contribution in [3.8, 4) is 11.4 Å². The quantitative estimate of drug-likeness (QED) is 0.517. The fourth-order valence-corrected chi connectivity index (χ4v) is 3.41. The average molecular weight is 467 g/mol. The summed E-state index contributed by atoms with van der Waals surface area (Å²) >= 11 is 0. The number of hydrogen-bond acceptors (Lipinski definition) is 4. The lowest BCUT2D eigenvalue weighted by Crippen LogP contribution is -2.38. The Hall–Kier alpha value is -3.68. The van der Waals surface area contributed by atoms with Crippen LogP contribution in [-0.2, 0) is 10.2 Å². The zero-order chi connectivity index (χ0) is 24.9. The summed E-state index contributed by atoms with van der Waals surface area (Å²) in [5.74, 6) is 0.130. The van der Waals surface area contributed by atoms with E-state index < -0.39 is 5.82 Å². The predicted molar refractivity (Wildman–Crippen MR) is 130 cm³/mol. The van der Waals surface area contributed by atoms with Gasteiger partial charge in [0.15, 0.2) is 0 Å². The van der Waals surface area contributed by atoms with Crippen LogP contribution in [0, 0.1) is 5.82 Å². The minimum absolute atomic E-state index is 0.136. The van der Waals surface area contributed by atoms with Gasteiger partial charge in [-0.1, -0.05) is 27.7 Å². The number of amides is 2. The van der Waals surface area contributed by atoms with Crippen LogP contribution in [0.3, 0.4) is 0 Å². The monoisotopic (exact) mass is 466 g/mol. The second kappa shape index (κ2) is 10.5. The third-order valence-corrected chi connectivity index (χ3v) is 5.27. The first-order chi connectivity index (χ1) is 16.1. The maximum Gasteiger partial charge on any atom is 0.254 e. The number of halogens is 1. The van der Waals surface area contributed by atoms with Gasteiger partial charge in [0.2, 0.25) is 5.91 Å². The molecule has 0 fully saturated rings. The van der Waals surface area contributed by atoms with Gasteiger partial charge < -0.3 is 15.0 Å². The normalized spacial score (nSPS) is 11.2. The molecule has 0 atom stereocenters. The summed E-state index contributed by atoms with van der Waals surface area (Å²) in [4.78, 5) is 27.4. The molecule has 34 heavy (non-hydrogen) atoms. The van der Waals surface area contributed by atoms with Gasteiger partial charge in [0, 0.05) is 23.6 Å². The van der Waals surface area contributed by atoms with Crippen LogP contribution in [0.25, 0.3) is 5.69 Å². The number of carbonyl (C=O) groups is 2. The number of carbonyl (C=O) groups excluding carboxylic acids is 2. The molecule has 8 heteroatoms. The summed E-state index contributed by atoms with van der Waals surface area (Å²) in [6.07, 6.45) is 0.679. The number of methoxy groups -OCH3 is 1. The van der Waals surface area contributed by atoms with Gasteiger partial charge in [0.25, 0.3) is 5.91 Å². The van der Waals surface area contributed by atoms with Gasteiger partial charge in [-0.15, -0.1) is 0 Å². The molecule has 3 aromatic rings. The van der Waals surface area contributed by atoms with Crippen LogP contribution in [-0.4, -0.2) is 46.7 Å². The van der Waals surface area contributed by atoms with E-state index in [9.17, 15) is 14.0 Å². The summed E-state index contributed by atoms with van der Waals surface area (Å²) < 4.78 is 20.2. The van der Waals surface area contributed by atoms with Gasteiger partial charge in [-0.2, -0.15) is 5.10 Å². The van der Waals surface area contributed by atoms with Crippen molar-refractivity contribution in [2.75, 3.05) is 25.5 Å². The molecule has 0 aliphatic carbocycles. The first kappa shape index (κ1) is 25.0. The van der Waals surface area contributed by atoms with Crippen LogP contribution in [0.15, 0.2) is 54.6 Å². The van der Waals surface area contributed by atoms with E-state index in [1.807, 2.05) is 58.0 Å². The lowest BCUT2D eigenvalue weighted by atomic mass is 9.92. The predicted octanol–water partition coefficient (Wildman–Crippen LogP) is 4.81. The molecule has 0 bridgehead atoms. The molecule has 0 aliphatic rings. The van der Waals surface area contributed by atoms with Crippen molar-refractivity contribution in [3.05, 3.63) is 71.7 Å². The third-order valence-electron chi connectivity index (χ3n) is 5.27. The van der Waals surface area contributed by atoms with Crippen LogP contribution < -0.4 is 10.1 Å². The first-order valence-electron chi connectivity index (χ1n) is 11.2. The Balaban J connectivity index is 1.84. The number of benzene rings is 2. The van der Waals surface area contributed by atoms with Gasteiger partial charge >= 0.3 is 0 Å². The van der Waals surface area contributed by atoms with E-state index in [4.69, 9.17) is 9.84 Å². The number of aromatic nitrogens is 2. The molecular weight excluding hydrogens is 435 g/mol. The molecule has 0 saturated carbocycles. The van der Waals surface area contributed by atoms with E-state index in [1.165, 1.54) is 29.2 Å². The Bertz CT molecular complexity index is 1130. The number of nitrogens with zero attached hydrogens (tertiary/aromatic N) is 3. The van der Waals surface area contributed by atoms with Gasteiger partial charge in [0.1, 0.15) is 23.9 Å². The minimum Gasteiger partial charge on any atom is -0.497 e. The molecule has 1 aromatic heterocycles. The maximum absolute atomic E-state index is 13.3. The highest BCUT2D eigenvalue weighted by Gasteiger charge is 2.23. The maximum atomic E-state index is 13.3. The van der Waals surface area contributed by atoms with E-state index in [-0.39, 0.29) is 23.8 Å². The molecule has 0 unspecified atom stereocenters. The van der Waals surface area contributed by atoms with Gasteiger partial charge in [-0.3, -0.25) is 9.59 Å². The fraction of sp³-hybridized carbons (Fsp3) is 0.346. The molecule has 180 valence electrons. The molecular formula is C26H31FN4O3. The Morgan fingerprint density at radius 2 is 1.74 bits per heavy atom. The Morgan fingerprint density at radius 3 is 2.29 bits per heavy atom. The standard InChI is InChI=1S/C26H31FN4O3/c1-6-15-30(25(33)18-7-9-19(27)10-8-18)17-24(32)28-23-16-22(26(2,3)4)29-31(23)20-11-13-21(34-5)14-12-20/h7-14,16H,6,15,17H2,1-5H3,(H,28,32). The van der Waals surface area contributed by atoms with E-state index in [0.29, 0.717) is 30.1 Å². The van der Waals surface area contributed by atoms with Crippen LogP contribution in [0.1, 0.15) is 50.2 Å². The number of rotatable bonds is 8. The molecule has 0 spiro atoms. The molecule has 0 saturated heterocycles. The fourth-order valence-electron chi connectivity index (χ4n) is 3.41. The van der Waals surface area contributed by atoms with E-state index >= 15 is 0 Å². The van der Waals surface area contributed by atoms with Gasteiger partial charge in [-0.05, 0) is 55.0 Å². The van der Waals surface area contributed by atoms with Crippen molar-refractivity contribution in [3.63, 3.8) is 0 Å². The molecule has 1 heterocycles. The average Bonchev–Trinajstić information content (AvgIpc) is 3.23. The number of ether oxygens (including phenoxy) is 1. The lowest BCUT2D eigenvalue weighted by Gasteiger charge is -2.22. The topological polar surface area (TPSA) is 76.5 Å². The highest BCUT2D eigenvalue weighted by Crippen LogP contribution is 2.27. The Morgan fingerprint density at radius 1 is 1.09 bits per heavy atom. The summed E-state index contributed by atoms with van der Waals surface area (Å²) in [6, 6.07) is 14.5. The van der Waals surface area contributed by atoms with E-state index in [2.05, 4.69) is 5.32 Å². The van der Waals surface area contributed by atoms with Crippen molar-refractivity contribution in [2.24, 2.45) is 0 Å². The summed E-state index contributed by atoms with van der Waals surface area (Å²) in [5, 5.41) is 7.62. The van der Waals surface area contributed by atoms with Crippen LogP contribution in [0.5, 0.6) is 5.75 Å². The molecule has 3 rings (SSSR count). The summed E-state index contributed by atoms with van der Waals surface area (Å²) in [6.45, 7) is 8.32. The molecule has 7 nitrogen and oxygen atoms in total. The Kier molecular flexibility index (Phi) is 7.71. The second-order valence-corrected chi connectivity index (χ2v) is 9.06. The zero-order valence-corrected chi connectivity index (χ0v) is 20.3. The minimum atomic E-state index is -0.419. The van der Waals surface area contributed by atoms with Crippen LogP contribution >= 0.6 is 0 Å². The molecule has 2 aromatic carbocycles. The van der Waals surface area contributed by atoms with Crippen LogP contribution in [0.2, 0.25) is 0 Å². The van der Waals surface area contributed by atoms with Crippen molar-refractivity contribution < 1.29 is 18.7 Å². The number of nitrogens with one attached hydrogen (secondary N) is 1. The zero-order valence-electron chi connectivity index (χ0n) is 20.3. The van der Waals surface area contributed by atoms with E-state index in [1.54, 1.807) is 11.8 Å². The molecule has 1 N–H and O–H groups in total. The highest BCUT2D eigenvalue weighted by atomic mass is 19.1. The molecule has 0 radical (unpaired) electrons. The largest absolute Gasteiger partial charge is 0.497 e. The van der Waals surface area contributed by atoms with Crippen molar-refractivity contribution in [1.82, 2.24) is 14.7 Å².